The number of carbonyl (C=O) groups is 1. The molecule has 2 aliphatic rings. The molecule has 0 radical (unpaired) electrons. The number of ether oxygens (including phenoxy) is 1. The average Bonchev–Trinajstić information content (AvgIpc) is 2.60. The Morgan fingerprint density at radius 2 is 1.81 bits per heavy atom. The van der Waals surface area contributed by atoms with Gasteiger partial charge < -0.3 is 9.64 Å². The number of sulfonamides is 1. The van der Waals surface area contributed by atoms with E-state index < -0.39 is 15.6 Å². The van der Waals surface area contributed by atoms with E-state index in [0.717, 1.165) is 19.3 Å². The standard InChI is InChI=1S/C19H28N2O4S/c1-15-13-20(14-19(2,3)25-15)18(22)16-9-5-6-10-17(16)26(23,24)21-11-7-4-8-12-21/h5-6,9-10,15H,4,7-8,11-14H2,1-3H3. The van der Waals surface area contributed by atoms with E-state index in [-0.39, 0.29) is 22.5 Å². The lowest BCUT2D eigenvalue weighted by molar-refractivity contribution is -0.118. The number of rotatable bonds is 3. The molecule has 0 aromatic heterocycles. The number of nitrogens with zero attached hydrogens (tertiary/aromatic N) is 2. The minimum absolute atomic E-state index is 0.0893. The predicted molar refractivity (Wildman–Crippen MR) is 99.6 cm³/mol. The molecule has 1 aromatic carbocycles. The highest BCUT2D eigenvalue weighted by Gasteiger charge is 2.36. The molecule has 2 fully saturated rings. The molecule has 1 unspecified atom stereocenters. The van der Waals surface area contributed by atoms with E-state index in [1.807, 2.05) is 20.8 Å². The van der Waals surface area contributed by atoms with Crippen molar-refractivity contribution >= 4 is 15.9 Å². The van der Waals surface area contributed by atoms with Crippen LogP contribution in [0.1, 0.15) is 50.4 Å². The highest BCUT2D eigenvalue weighted by molar-refractivity contribution is 7.89. The van der Waals surface area contributed by atoms with Gasteiger partial charge in [0.25, 0.3) is 5.91 Å². The van der Waals surface area contributed by atoms with Gasteiger partial charge >= 0.3 is 0 Å². The Balaban J connectivity index is 1.93. The minimum atomic E-state index is -3.66. The third-order valence-electron chi connectivity index (χ3n) is 4.91. The van der Waals surface area contributed by atoms with Crippen LogP contribution in [-0.4, -0.2) is 61.4 Å². The second-order valence-corrected chi connectivity index (χ2v) is 9.74. The first-order chi connectivity index (χ1) is 12.2. The van der Waals surface area contributed by atoms with Crippen molar-refractivity contribution in [2.45, 2.75) is 56.6 Å². The Hall–Kier alpha value is -1.44. The van der Waals surface area contributed by atoms with Crippen molar-refractivity contribution in [1.82, 2.24) is 9.21 Å². The van der Waals surface area contributed by atoms with Crippen LogP contribution in [0.3, 0.4) is 0 Å². The molecule has 2 heterocycles. The van der Waals surface area contributed by atoms with Crippen LogP contribution in [0.4, 0.5) is 0 Å². The second kappa shape index (κ2) is 7.29. The van der Waals surface area contributed by atoms with Crippen molar-refractivity contribution in [3.05, 3.63) is 29.8 Å². The number of hydrogen-bond donors (Lipinski definition) is 0. The van der Waals surface area contributed by atoms with Crippen molar-refractivity contribution < 1.29 is 17.9 Å². The monoisotopic (exact) mass is 380 g/mol. The van der Waals surface area contributed by atoms with Gasteiger partial charge in [0, 0.05) is 26.2 Å². The quantitative estimate of drug-likeness (QED) is 0.808. The summed E-state index contributed by atoms with van der Waals surface area (Å²) in [7, 11) is -3.66. The Morgan fingerprint density at radius 1 is 1.15 bits per heavy atom. The van der Waals surface area contributed by atoms with E-state index in [9.17, 15) is 13.2 Å². The van der Waals surface area contributed by atoms with E-state index in [0.29, 0.717) is 26.2 Å². The topological polar surface area (TPSA) is 66.9 Å². The van der Waals surface area contributed by atoms with E-state index >= 15 is 0 Å². The van der Waals surface area contributed by atoms with Crippen molar-refractivity contribution in [1.29, 1.82) is 0 Å². The molecule has 3 rings (SSSR count). The van der Waals surface area contributed by atoms with Gasteiger partial charge in [0.15, 0.2) is 0 Å². The third kappa shape index (κ3) is 3.94. The van der Waals surface area contributed by atoms with Crippen LogP contribution >= 0.6 is 0 Å². The molecule has 2 aliphatic heterocycles. The summed E-state index contributed by atoms with van der Waals surface area (Å²) in [5.41, 5.74) is -0.198. The van der Waals surface area contributed by atoms with Crippen LogP contribution in [0.25, 0.3) is 0 Å². The Morgan fingerprint density at radius 3 is 2.46 bits per heavy atom. The molecule has 0 N–H and O–H groups in total. The molecule has 1 atom stereocenters. The smallest absolute Gasteiger partial charge is 0.255 e. The Bertz CT molecular complexity index is 769. The van der Waals surface area contributed by atoms with E-state index in [2.05, 4.69) is 0 Å². The van der Waals surface area contributed by atoms with Gasteiger partial charge in [0.1, 0.15) is 0 Å². The summed E-state index contributed by atoms with van der Waals surface area (Å²) in [6.45, 7) is 7.75. The molecule has 1 aromatic rings. The summed E-state index contributed by atoms with van der Waals surface area (Å²) >= 11 is 0. The van der Waals surface area contributed by atoms with Gasteiger partial charge in [0.2, 0.25) is 10.0 Å². The number of benzene rings is 1. The first kappa shape index (κ1) is 19.3. The first-order valence-electron chi connectivity index (χ1n) is 9.27. The van der Waals surface area contributed by atoms with Crippen molar-refractivity contribution in [2.75, 3.05) is 26.2 Å². The number of hydrogen-bond acceptors (Lipinski definition) is 4. The fraction of sp³-hybridized carbons (Fsp3) is 0.632. The Kier molecular flexibility index (Phi) is 5.42. The zero-order chi connectivity index (χ0) is 18.9. The summed E-state index contributed by atoms with van der Waals surface area (Å²) < 4.78 is 33.6. The summed E-state index contributed by atoms with van der Waals surface area (Å²) in [5, 5.41) is 0. The zero-order valence-electron chi connectivity index (χ0n) is 15.8. The summed E-state index contributed by atoms with van der Waals surface area (Å²) in [4.78, 5) is 15.0. The lowest BCUT2D eigenvalue weighted by Gasteiger charge is -2.42. The fourth-order valence-corrected chi connectivity index (χ4v) is 5.59. The number of morpholine rings is 1. The maximum absolute atomic E-state index is 13.2. The number of piperidine rings is 1. The molecule has 1 amide bonds. The van der Waals surface area contributed by atoms with Crippen LogP contribution in [-0.2, 0) is 14.8 Å². The number of carbonyl (C=O) groups excluding carboxylic acids is 1. The molecule has 6 nitrogen and oxygen atoms in total. The lowest BCUT2D eigenvalue weighted by Crippen LogP contribution is -2.54. The number of amides is 1. The Labute approximate surface area is 156 Å². The molecule has 0 saturated carbocycles. The molecule has 144 valence electrons. The highest BCUT2D eigenvalue weighted by atomic mass is 32.2. The van der Waals surface area contributed by atoms with Gasteiger partial charge in [-0.05, 0) is 45.7 Å². The van der Waals surface area contributed by atoms with Crippen molar-refractivity contribution in [3.63, 3.8) is 0 Å². The first-order valence-corrected chi connectivity index (χ1v) is 10.7. The van der Waals surface area contributed by atoms with Crippen molar-refractivity contribution in [2.24, 2.45) is 0 Å². The third-order valence-corrected chi connectivity index (χ3v) is 6.86. The summed E-state index contributed by atoms with van der Waals surface area (Å²) in [6, 6.07) is 6.56. The van der Waals surface area contributed by atoms with Crippen LogP contribution in [0.15, 0.2) is 29.2 Å². The molecule has 0 aliphatic carbocycles. The zero-order valence-corrected chi connectivity index (χ0v) is 16.6. The van der Waals surface area contributed by atoms with Gasteiger partial charge in [-0.2, -0.15) is 4.31 Å². The second-order valence-electron chi connectivity index (χ2n) is 7.83. The van der Waals surface area contributed by atoms with Gasteiger partial charge in [-0.1, -0.05) is 18.6 Å². The minimum Gasteiger partial charge on any atom is -0.369 e. The molecular formula is C19H28N2O4S. The molecule has 7 heteroatoms. The molecule has 0 spiro atoms. The van der Waals surface area contributed by atoms with Crippen LogP contribution in [0, 0.1) is 0 Å². The SMILES string of the molecule is CC1CN(C(=O)c2ccccc2S(=O)(=O)N2CCCCC2)CC(C)(C)O1. The predicted octanol–water partition coefficient (Wildman–Crippen LogP) is 2.50. The van der Waals surface area contributed by atoms with E-state index in [1.54, 1.807) is 29.2 Å². The molecule has 26 heavy (non-hydrogen) atoms. The van der Waals surface area contributed by atoms with Gasteiger partial charge in [-0.3, -0.25) is 4.79 Å². The highest BCUT2D eigenvalue weighted by Crippen LogP contribution is 2.27. The maximum atomic E-state index is 13.2. The van der Waals surface area contributed by atoms with E-state index in [1.165, 1.54) is 4.31 Å². The molecule has 0 bridgehead atoms. The van der Waals surface area contributed by atoms with E-state index in [4.69, 9.17) is 4.74 Å². The fourth-order valence-electron chi connectivity index (χ4n) is 3.89. The summed E-state index contributed by atoms with van der Waals surface area (Å²) in [6.07, 6.45) is 2.69. The van der Waals surface area contributed by atoms with Crippen molar-refractivity contribution in [3.8, 4) is 0 Å². The maximum Gasteiger partial charge on any atom is 0.255 e. The van der Waals surface area contributed by atoms with Gasteiger partial charge in [0.05, 0.1) is 22.2 Å². The largest absolute Gasteiger partial charge is 0.369 e. The van der Waals surface area contributed by atoms with Crippen LogP contribution in [0.2, 0.25) is 0 Å². The van der Waals surface area contributed by atoms with Gasteiger partial charge in [-0.25, -0.2) is 8.42 Å². The molecular weight excluding hydrogens is 352 g/mol. The average molecular weight is 381 g/mol. The van der Waals surface area contributed by atoms with Gasteiger partial charge in [-0.15, -0.1) is 0 Å². The summed E-state index contributed by atoms with van der Waals surface area (Å²) in [5.74, 6) is -0.246. The lowest BCUT2D eigenvalue weighted by atomic mass is 10.0. The van der Waals surface area contributed by atoms with Crippen LogP contribution < -0.4 is 0 Å². The molecule has 2 saturated heterocycles. The van der Waals surface area contributed by atoms with Crippen LogP contribution in [0.5, 0.6) is 0 Å². The normalized spacial score (nSPS) is 24.4.